The van der Waals surface area contributed by atoms with Crippen LogP contribution in [0.15, 0.2) is 67.0 Å². The summed E-state index contributed by atoms with van der Waals surface area (Å²) in [6.45, 7) is 3.32. The highest BCUT2D eigenvalue weighted by Gasteiger charge is 2.14. The van der Waals surface area contributed by atoms with Gasteiger partial charge in [-0.25, -0.2) is 4.68 Å². The monoisotopic (exact) mass is 362 g/mol. The molecule has 0 unspecified atom stereocenters. The van der Waals surface area contributed by atoms with Crippen LogP contribution >= 0.6 is 0 Å². The zero-order valence-electron chi connectivity index (χ0n) is 16.2. The van der Waals surface area contributed by atoms with Crippen molar-refractivity contribution in [2.75, 3.05) is 25.5 Å². The summed E-state index contributed by atoms with van der Waals surface area (Å²) in [4.78, 5) is 16.7. The highest BCUT2D eigenvalue weighted by Crippen LogP contribution is 2.15. The average molecular weight is 362 g/mol. The van der Waals surface area contributed by atoms with E-state index in [0.29, 0.717) is 19.5 Å². The molecule has 0 bridgehead atoms. The molecule has 3 aromatic rings. The molecule has 0 atom stereocenters. The van der Waals surface area contributed by atoms with E-state index in [1.165, 1.54) is 0 Å². The first-order valence-corrected chi connectivity index (χ1v) is 9.20. The van der Waals surface area contributed by atoms with E-state index in [1.54, 1.807) is 10.9 Å². The van der Waals surface area contributed by atoms with Gasteiger partial charge in [0.05, 0.1) is 18.3 Å². The maximum Gasteiger partial charge on any atom is 0.227 e. The van der Waals surface area contributed by atoms with Crippen molar-refractivity contribution in [2.24, 2.45) is 0 Å². The van der Waals surface area contributed by atoms with Crippen LogP contribution in [0.1, 0.15) is 18.1 Å². The molecule has 27 heavy (non-hydrogen) atoms. The molecule has 5 nitrogen and oxygen atoms in total. The zero-order chi connectivity index (χ0) is 19.2. The predicted molar refractivity (Wildman–Crippen MR) is 109 cm³/mol. The quantitative estimate of drug-likeness (QED) is 0.646. The summed E-state index contributed by atoms with van der Waals surface area (Å²) in [6.07, 6.45) is 4.05. The fourth-order valence-electron chi connectivity index (χ4n) is 2.96. The van der Waals surface area contributed by atoms with Crippen molar-refractivity contribution in [3.63, 3.8) is 0 Å². The van der Waals surface area contributed by atoms with E-state index in [1.807, 2.05) is 62.4 Å². The van der Waals surface area contributed by atoms with Gasteiger partial charge in [0.2, 0.25) is 5.91 Å². The fourth-order valence-corrected chi connectivity index (χ4v) is 2.96. The van der Waals surface area contributed by atoms with Crippen LogP contribution in [0, 0.1) is 0 Å². The van der Waals surface area contributed by atoms with Gasteiger partial charge < -0.3 is 9.80 Å². The molecule has 0 spiro atoms. The molecule has 0 radical (unpaired) electrons. The normalized spacial score (nSPS) is 10.6. The second kappa shape index (κ2) is 8.54. The lowest BCUT2D eigenvalue weighted by atomic mass is 10.1. The summed E-state index contributed by atoms with van der Waals surface area (Å²) in [5.41, 5.74) is 4.20. The topological polar surface area (TPSA) is 41.4 Å². The molecule has 3 rings (SSSR count). The smallest absolute Gasteiger partial charge is 0.227 e. The number of hydrogen-bond donors (Lipinski definition) is 0. The van der Waals surface area contributed by atoms with Crippen LogP contribution in [0.25, 0.3) is 5.69 Å². The molecule has 0 aliphatic rings. The molecule has 0 aliphatic carbocycles. The maximum absolute atomic E-state index is 12.7. The molecule has 0 saturated carbocycles. The van der Waals surface area contributed by atoms with Gasteiger partial charge in [-0.05, 0) is 42.3 Å². The molecule has 2 aromatic carbocycles. The van der Waals surface area contributed by atoms with Crippen LogP contribution in [0.2, 0.25) is 0 Å². The van der Waals surface area contributed by atoms with Crippen molar-refractivity contribution < 1.29 is 4.79 Å². The zero-order valence-corrected chi connectivity index (χ0v) is 16.2. The standard InChI is InChI=1S/C22H26N4O/c1-4-25(16-18-10-12-20(13-11-18)24(2)3)22(27)14-19-15-23-26(17-19)21-8-6-5-7-9-21/h5-13,15,17H,4,14,16H2,1-3H3. The molecule has 140 valence electrons. The average Bonchev–Trinajstić information content (AvgIpc) is 3.15. The van der Waals surface area contributed by atoms with Gasteiger partial charge in [-0.3, -0.25) is 4.79 Å². The summed E-state index contributed by atoms with van der Waals surface area (Å²) < 4.78 is 1.80. The van der Waals surface area contributed by atoms with Crippen LogP contribution in [0.3, 0.4) is 0 Å². The molecule has 1 amide bonds. The Bertz CT molecular complexity index is 869. The number of likely N-dealkylation sites (N-methyl/N-ethyl adjacent to an activating group) is 1. The Hall–Kier alpha value is -3.08. The summed E-state index contributed by atoms with van der Waals surface area (Å²) in [5, 5.41) is 4.38. The number of carbonyl (C=O) groups excluding carboxylic acids is 1. The molecular weight excluding hydrogens is 336 g/mol. The SMILES string of the molecule is CCN(Cc1ccc(N(C)C)cc1)C(=O)Cc1cnn(-c2ccccc2)c1. The number of para-hydroxylation sites is 1. The third-order valence-corrected chi connectivity index (χ3v) is 4.57. The predicted octanol–water partition coefficient (Wildman–Crippen LogP) is 3.53. The van der Waals surface area contributed by atoms with Gasteiger partial charge in [0, 0.05) is 39.1 Å². The van der Waals surface area contributed by atoms with E-state index in [0.717, 1.165) is 22.5 Å². The lowest BCUT2D eigenvalue weighted by Gasteiger charge is -2.21. The van der Waals surface area contributed by atoms with Crippen LogP contribution in [0.4, 0.5) is 5.69 Å². The maximum atomic E-state index is 12.7. The lowest BCUT2D eigenvalue weighted by molar-refractivity contribution is -0.130. The van der Waals surface area contributed by atoms with E-state index in [9.17, 15) is 4.79 Å². The first-order valence-electron chi connectivity index (χ1n) is 9.20. The number of carbonyl (C=O) groups is 1. The fraction of sp³-hybridized carbons (Fsp3) is 0.273. The van der Waals surface area contributed by atoms with Crippen LogP contribution in [-0.2, 0) is 17.8 Å². The number of anilines is 1. The summed E-state index contributed by atoms with van der Waals surface area (Å²) in [7, 11) is 4.04. The molecule has 0 aliphatic heterocycles. The molecular formula is C22H26N4O. The number of aromatic nitrogens is 2. The van der Waals surface area contributed by atoms with Crippen molar-refractivity contribution in [3.05, 3.63) is 78.1 Å². The van der Waals surface area contributed by atoms with Gasteiger partial charge in [0.1, 0.15) is 0 Å². The first-order chi connectivity index (χ1) is 13.1. The molecule has 0 fully saturated rings. The van der Waals surface area contributed by atoms with Crippen LogP contribution in [0.5, 0.6) is 0 Å². The molecule has 1 aromatic heterocycles. The molecule has 0 saturated heterocycles. The third kappa shape index (κ3) is 4.76. The number of hydrogen-bond acceptors (Lipinski definition) is 3. The van der Waals surface area contributed by atoms with Crippen LogP contribution in [-0.4, -0.2) is 41.2 Å². The minimum absolute atomic E-state index is 0.113. The van der Waals surface area contributed by atoms with Crippen molar-refractivity contribution in [1.29, 1.82) is 0 Å². The summed E-state index contributed by atoms with van der Waals surface area (Å²) in [5.74, 6) is 0.113. The highest BCUT2D eigenvalue weighted by molar-refractivity contribution is 5.78. The lowest BCUT2D eigenvalue weighted by Crippen LogP contribution is -2.31. The van der Waals surface area contributed by atoms with Gasteiger partial charge in [0.25, 0.3) is 0 Å². The van der Waals surface area contributed by atoms with Gasteiger partial charge in [-0.15, -0.1) is 0 Å². The van der Waals surface area contributed by atoms with E-state index < -0.39 is 0 Å². The number of amides is 1. The Morgan fingerprint density at radius 1 is 1.00 bits per heavy atom. The number of rotatable bonds is 7. The van der Waals surface area contributed by atoms with Crippen LogP contribution < -0.4 is 4.90 Å². The van der Waals surface area contributed by atoms with Gasteiger partial charge in [-0.2, -0.15) is 5.10 Å². The molecule has 5 heteroatoms. The van der Waals surface area contributed by atoms with E-state index in [4.69, 9.17) is 0 Å². The minimum atomic E-state index is 0.113. The summed E-state index contributed by atoms with van der Waals surface area (Å²) in [6, 6.07) is 18.2. The minimum Gasteiger partial charge on any atom is -0.378 e. The van der Waals surface area contributed by atoms with Gasteiger partial charge in [0.15, 0.2) is 0 Å². The summed E-state index contributed by atoms with van der Waals surface area (Å²) >= 11 is 0. The van der Waals surface area contributed by atoms with Crippen molar-refractivity contribution in [3.8, 4) is 5.69 Å². The van der Waals surface area contributed by atoms with Crippen molar-refractivity contribution in [2.45, 2.75) is 19.9 Å². The molecule has 0 N–H and O–H groups in total. The second-order valence-corrected chi connectivity index (χ2v) is 6.77. The van der Waals surface area contributed by atoms with E-state index >= 15 is 0 Å². The Kier molecular flexibility index (Phi) is 5.91. The molecule has 1 heterocycles. The van der Waals surface area contributed by atoms with Crippen molar-refractivity contribution >= 4 is 11.6 Å². The van der Waals surface area contributed by atoms with Gasteiger partial charge in [-0.1, -0.05) is 30.3 Å². The largest absolute Gasteiger partial charge is 0.378 e. The second-order valence-electron chi connectivity index (χ2n) is 6.77. The highest BCUT2D eigenvalue weighted by atomic mass is 16.2. The van der Waals surface area contributed by atoms with Gasteiger partial charge >= 0.3 is 0 Å². The Morgan fingerprint density at radius 3 is 2.33 bits per heavy atom. The first kappa shape index (κ1) is 18.7. The Balaban J connectivity index is 1.64. The van der Waals surface area contributed by atoms with E-state index in [2.05, 4.69) is 34.3 Å². The third-order valence-electron chi connectivity index (χ3n) is 4.57. The Morgan fingerprint density at radius 2 is 1.70 bits per heavy atom. The Labute approximate surface area is 160 Å². The number of benzene rings is 2. The van der Waals surface area contributed by atoms with E-state index in [-0.39, 0.29) is 5.91 Å². The van der Waals surface area contributed by atoms with Crippen molar-refractivity contribution in [1.82, 2.24) is 14.7 Å². The number of nitrogens with zero attached hydrogens (tertiary/aromatic N) is 4.